The van der Waals surface area contributed by atoms with Crippen molar-refractivity contribution in [2.75, 3.05) is 14.1 Å². The van der Waals surface area contributed by atoms with Crippen molar-refractivity contribution < 1.29 is 4.79 Å². The molecule has 0 unspecified atom stereocenters. The van der Waals surface area contributed by atoms with Gasteiger partial charge in [0.25, 0.3) is 0 Å². The Morgan fingerprint density at radius 2 is 2.33 bits per heavy atom. The van der Waals surface area contributed by atoms with Crippen molar-refractivity contribution in [3.63, 3.8) is 0 Å². The molecule has 0 aromatic carbocycles. The van der Waals surface area contributed by atoms with Crippen LogP contribution in [0.15, 0.2) is 5.10 Å². The van der Waals surface area contributed by atoms with Gasteiger partial charge in [-0.2, -0.15) is 5.10 Å². The second-order valence-corrected chi connectivity index (χ2v) is 1.68. The molecule has 0 aliphatic carbocycles. The second kappa shape index (κ2) is 3.71. The Hall–Kier alpha value is -1.26. The lowest BCUT2D eigenvalue weighted by Gasteiger charge is -2.00. The van der Waals surface area contributed by atoms with Gasteiger partial charge in [0, 0.05) is 14.1 Å². The zero-order valence-corrected chi connectivity index (χ0v) is 5.46. The van der Waals surface area contributed by atoms with Crippen molar-refractivity contribution in [2.24, 2.45) is 10.8 Å². The molecule has 52 valence electrons. The zero-order chi connectivity index (χ0) is 7.28. The highest BCUT2D eigenvalue weighted by Gasteiger charge is 1.82. The Labute approximate surface area is 53.5 Å². The maximum Gasteiger partial charge on any atom is 0.332 e. The average molecular weight is 130 g/mol. The Morgan fingerprint density at radius 1 is 1.78 bits per heavy atom. The first-order valence-electron chi connectivity index (χ1n) is 2.38. The van der Waals surface area contributed by atoms with Crippen LogP contribution in [0.3, 0.4) is 0 Å². The van der Waals surface area contributed by atoms with Gasteiger partial charge in [0.05, 0.1) is 0 Å². The Kier molecular flexibility index (Phi) is 3.19. The molecule has 0 saturated heterocycles. The largest absolute Gasteiger partial charge is 0.367 e. The highest BCUT2D eigenvalue weighted by molar-refractivity contribution is 5.72. The number of carbonyl (C=O) groups excluding carboxylic acids is 1. The molecule has 0 aromatic heterocycles. The molecular formula is C4H10N4O. The third-order valence-electron chi connectivity index (χ3n) is 0.463. The molecule has 5 nitrogen and oxygen atoms in total. The zero-order valence-electron chi connectivity index (χ0n) is 5.46. The lowest BCUT2D eigenvalue weighted by atomic mass is 11.0. The maximum absolute atomic E-state index is 9.96. The molecule has 0 radical (unpaired) electrons. The molecule has 0 bridgehead atoms. The summed E-state index contributed by atoms with van der Waals surface area (Å²) in [6, 6.07) is -0.659. The molecule has 0 spiro atoms. The fraction of sp³-hybridized carbons (Fsp3) is 0.500. The minimum Gasteiger partial charge on any atom is -0.367 e. The average Bonchev–Trinajstić information content (AvgIpc) is 1.63. The first-order chi connectivity index (χ1) is 4.13. The van der Waals surface area contributed by atoms with Crippen molar-refractivity contribution >= 4 is 12.4 Å². The first-order valence-corrected chi connectivity index (χ1v) is 2.38. The summed E-state index contributed by atoms with van der Waals surface area (Å²) in [5.41, 5.74) is 6.74. The van der Waals surface area contributed by atoms with Crippen molar-refractivity contribution in [3.8, 4) is 0 Å². The lowest BCUT2D eigenvalue weighted by Crippen LogP contribution is -2.25. The summed E-state index contributed by atoms with van der Waals surface area (Å²) in [4.78, 5) is 11.6. The van der Waals surface area contributed by atoms with Gasteiger partial charge >= 0.3 is 6.03 Å². The molecule has 0 fully saturated rings. The Balaban J connectivity index is 3.36. The van der Waals surface area contributed by atoms with Gasteiger partial charge in [-0.1, -0.05) is 0 Å². The van der Waals surface area contributed by atoms with Crippen LogP contribution in [0.4, 0.5) is 4.79 Å². The lowest BCUT2D eigenvalue weighted by molar-refractivity contribution is 0.249. The summed E-state index contributed by atoms with van der Waals surface area (Å²) < 4.78 is 0. The second-order valence-electron chi connectivity index (χ2n) is 1.68. The van der Waals surface area contributed by atoms with Gasteiger partial charge in [0.1, 0.15) is 6.34 Å². The van der Waals surface area contributed by atoms with Crippen LogP contribution >= 0.6 is 0 Å². The smallest absolute Gasteiger partial charge is 0.332 e. The summed E-state index contributed by atoms with van der Waals surface area (Å²) in [5.74, 6) is 0. The van der Waals surface area contributed by atoms with Crippen LogP contribution in [-0.4, -0.2) is 31.4 Å². The summed E-state index contributed by atoms with van der Waals surface area (Å²) >= 11 is 0. The number of rotatable bonds is 2. The molecule has 0 saturated carbocycles. The standard InChI is InChI=1S/C4H10N4O/c1-8(2)3-6-7-4(5)9/h3H,1-2H3,(H3,5,7,9). The van der Waals surface area contributed by atoms with E-state index in [-0.39, 0.29) is 0 Å². The first kappa shape index (κ1) is 7.74. The van der Waals surface area contributed by atoms with Crippen LogP contribution < -0.4 is 11.2 Å². The topological polar surface area (TPSA) is 70.7 Å². The quantitative estimate of drug-likeness (QED) is 0.290. The van der Waals surface area contributed by atoms with E-state index in [1.165, 1.54) is 6.34 Å². The molecule has 0 atom stereocenters. The van der Waals surface area contributed by atoms with Gasteiger partial charge in [-0.15, -0.1) is 0 Å². The molecule has 0 aliphatic heterocycles. The number of nitrogens with zero attached hydrogens (tertiary/aromatic N) is 2. The van der Waals surface area contributed by atoms with Gasteiger partial charge in [-0.05, 0) is 0 Å². The van der Waals surface area contributed by atoms with Gasteiger partial charge in [-0.25, -0.2) is 10.2 Å². The number of nitrogens with one attached hydrogen (secondary N) is 1. The minimum absolute atomic E-state index is 0.659. The number of hydrazone groups is 1. The van der Waals surface area contributed by atoms with Gasteiger partial charge < -0.3 is 10.6 Å². The number of amides is 2. The van der Waals surface area contributed by atoms with E-state index in [9.17, 15) is 4.79 Å². The molecule has 0 heterocycles. The molecule has 0 aromatic rings. The van der Waals surface area contributed by atoms with E-state index >= 15 is 0 Å². The minimum atomic E-state index is -0.659. The fourth-order valence-corrected chi connectivity index (χ4v) is 0.208. The predicted octanol–water partition coefficient (Wildman–Crippen LogP) is -0.840. The molecule has 0 rings (SSSR count). The maximum atomic E-state index is 9.96. The summed E-state index contributed by atoms with van der Waals surface area (Å²) in [7, 11) is 3.57. The van der Waals surface area contributed by atoms with Crippen LogP contribution in [0.1, 0.15) is 0 Å². The number of urea groups is 1. The molecule has 5 heteroatoms. The van der Waals surface area contributed by atoms with Crippen LogP contribution in [0.25, 0.3) is 0 Å². The van der Waals surface area contributed by atoms with Gasteiger partial charge in [0.2, 0.25) is 0 Å². The fourth-order valence-electron chi connectivity index (χ4n) is 0.208. The van der Waals surface area contributed by atoms with Gasteiger partial charge in [-0.3, -0.25) is 0 Å². The number of primary amides is 1. The van der Waals surface area contributed by atoms with Crippen LogP contribution in [0.5, 0.6) is 0 Å². The highest BCUT2D eigenvalue weighted by atomic mass is 16.2. The van der Waals surface area contributed by atoms with Crippen LogP contribution in [0, 0.1) is 0 Å². The number of hydrogen-bond acceptors (Lipinski definition) is 2. The number of carbonyl (C=O) groups is 1. The van der Waals surface area contributed by atoms with E-state index in [1.807, 2.05) is 5.43 Å². The van der Waals surface area contributed by atoms with E-state index in [0.29, 0.717) is 0 Å². The van der Waals surface area contributed by atoms with Crippen LogP contribution in [-0.2, 0) is 0 Å². The third-order valence-corrected chi connectivity index (χ3v) is 0.463. The SMILES string of the molecule is CN(C)C=NNC(N)=O. The molecule has 0 aliphatic rings. The Bertz CT molecular complexity index is 120. The molecular weight excluding hydrogens is 120 g/mol. The van der Waals surface area contributed by atoms with E-state index in [2.05, 4.69) is 5.10 Å². The van der Waals surface area contributed by atoms with Crippen molar-refractivity contribution in [3.05, 3.63) is 0 Å². The van der Waals surface area contributed by atoms with E-state index in [0.717, 1.165) is 0 Å². The number of hydrogen-bond donors (Lipinski definition) is 2. The summed E-state index contributed by atoms with van der Waals surface area (Å²) in [6.07, 6.45) is 1.44. The predicted molar refractivity (Wildman–Crippen MR) is 34.9 cm³/mol. The van der Waals surface area contributed by atoms with E-state index in [1.54, 1.807) is 19.0 Å². The van der Waals surface area contributed by atoms with Crippen molar-refractivity contribution in [2.45, 2.75) is 0 Å². The summed E-state index contributed by atoms with van der Waals surface area (Å²) in [6.45, 7) is 0. The monoisotopic (exact) mass is 130 g/mol. The van der Waals surface area contributed by atoms with Crippen molar-refractivity contribution in [1.82, 2.24) is 10.3 Å². The summed E-state index contributed by atoms with van der Waals surface area (Å²) in [5, 5.41) is 3.45. The Morgan fingerprint density at radius 3 is 2.67 bits per heavy atom. The third kappa shape index (κ3) is 6.74. The normalized spacial score (nSPS) is 9.56. The van der Waals surface area contributed by atoms with Crippen molar-refractivity contribution in [1.29, 1.82) is 0 Å². The van der Waals surface area contributed by atoms with E-state index < -0.39 is 6.03 Å². The molecule has 2 amide bonds. The molecule has 9 heavy (non-hydrogen) atoms. The van der Waals surface area contributed by atoms with Crippen LogP contribution in [0.2, 0.25) is 0 Å². The highest BCUT2D eigenvalue weighted by Crippen LogP contribution is 1.62. The molecule has 3 N–H and O–H groups in total. The number of nitrogens with two attached hydrogens (primary N) is 1. The van der Waals surface area contributed by atoms with Gasteiger partial charge in [0.15, 0.2) is 0 Å². The van der Waals surface area contributed by atoms with E-state index in [4.69, 9.17) is 5.73 Å².